The highest BCUT2D eigenvalue weighted by Gasteiger charge is 2.15. The summed E-state index contributed by atoms with van der Waals surface area (Å²) in [6, 6.07) is -0.677. The average molecular weight is 212 g/mol. The summed E-state index contributed by atoms with van der Waals surface area (Å²) in [6.07, 6.45) is 0.368. The largest absolute Gasteiger partial charge is 0.480 e. The molecule has 0 fully saturated rings. The molecule has 0 aromatic rings. The van der Waals surface area contributed by atoms with Crippen molar-refractivity contribution in [3.8, 4) is 0 Å². The fourth-order valence-electron chi connectivity index (χ4n) is 0.756. The number of nitrogens with one attached hydrogen (secondary N) is 1. The Morgan fingerprint density at radius 3 is 2.38 bits per heavy atom. The van der Waals surface area contributed by atoms with Crippen molar-refractivity contribution in [1.29, 1.82) is 0 Å². The van der Waals surface area contributed by atoms with Crippen molar-refractivity contribution >= 4 is 24.3 Å². The maximum absolute atomic E-state index is 10.6. The molecule has 1 unspecified atom stereocenters. The van der Waals surface area contributed by atoms with Gasteiger partial charge in [-0.05, 0) is 13.5 Å². The predicted molar refractivity (Wildman–Crippen MR) is 49.0 cm³/mol. The van der Waals surface area contributed by atoms with Crippen molar-refractivity contribution in [2.75, 3.05) is 14.2 Å². The zero-order valence-corrected chi connectivity index (χ0v) is 8.39. The van der Waals surface area contributed by atoms with Gasteiger partial charge in [-0.3, -0.25) is 9.59 Å². The minimum atomic E-state index is -0.957. The van der Waals surface area contributed by atoms with E-state index < -0.39 is 18.0 Å². The number of hydrogen-bond acceptors (Lipinski definition) is 4. The first-order valence-corrected chi connectivity index (χ1v) is 3.58. The van der Waals surface area contributed by atoms with E-state index in [9.17, 15) is 9.59 Å². The van der Waals surface area contributed by atoms with Gasteiger partial charge in [-0.25, -0.2) is 0 Å². The topological polar surface area (TPSA) is 75.6 Å². The number of hydrogen-bond donors (Lipinski definition) is 2. The first-order chi connectivity index (χ1) is 5.61. The van der Waals surface area contributed by atoms with Crippen LogP contribution in [0.4, 0.5) is 0 Å². The molecule has 5 nitrogen and oxygen atoms in total. The SMILES string of the molecule is CNC(CCC(=O)OC)C(=O)O.Cl. The van der Waals surface area contributed by atoms with Gasteiger partial charge in [0.05, 0.1) is 7.11 Å². The molecule has 0 aliphatic rings. The van der Waals surface area contributed by atoms with Crippen LogP contribution in [0, 0.1) is 0 Å². The van der Waals surface area contributed by atoms with E-state index in [1.54, 1.807) is 0 Å². The van der Waals surface area contributed by atoms with Crippen LogP contribution in [0.25, 0.3) is 0 Å². The molecule has 0 aliphatic carbocycles. The number of carbonyl (C=O) groups is 2. The number of carbonyl (C=O) groups excluding carboxylic acids is 1. The van der Waals surface area contributed by atoms with Crippen molar-refractivity contribution in [3.63, 3.8) is 0 Å². The third-order valence-electron chi connectivity index (χ3n) is 1.51. The normalized spacial score (nSPS) is 11.2. The van der Waals surface area contributed by atoms with E-state index >= 15 is 0 Å². The number of ether oxygens (including phenoxy) is 1. The summed E-state index contributed by atoms with van der Waals surface area (Å²) in [4.78, 5) is 21.0. The van der Waals surface area contributed by atoms with Crippen molar-refractivity contribution in [2.24, 2.45) is 0 Å². The predicted octanol–water partition coefficient (Wildman–Crippen LogP) is 0.0340. The number of carboxylic acids is 1. The molecule has 0 aliphatic heterocycles. The first-order valence-electron chi connectivity index (χ1n) is 3.58. The number of esters is 1. The van der Waals surface area contributed by atoms with Gasteiger partial charge >= 0.3 is 11.9 Å². The van der Waals surface area contributed by atoms with Gasteiger partial charge in [-0.2, -0.15) is 0 Å². The lowest BCUT2D eigenvalue weighted by Gasteiger charge is -2.08. The average Bonchev–Trinajstić information content (AvgIpc) is 2.04. The molecular formula is C7H14ClNO4. The van der Waals surface area contributed by atoms with E-state index in [0.717, 1.165) is 0 Å². The Morgan fingerprint density at radius 1 is 1.54 bits per heavy atom. The highest BCUT2D eigenvalue weighted by atomic mass is 35.5. The van der Waals surface area contributed by atoms with Crippen molar-refractivity contribution in [1.82, 2.24) is 5.32 Å². The van der Waals surface area contributed by atoms with E-state index in [1.807, 2.05) is 0 Å². The minimum Gasteiger partial charge on any atom is -0.480 e. The summed E-state index contributed by atoms with van der Waals surface area (Å²) >= 11 is 0. The maximum atomic E-state index is 10.6. The lowest BCUT2D eigenvalue weighted by Crippen LogP contribution is -2.34. The van der Waals surface area contributed by atoms with Crippen LogP contribution in [0.3, 0.4) is 0 Å². The quantitative estimate of drug-likeness (QED) is 0.628. The summed E-state index contributed by atoms with van der Waals surface area (Å²) in [6.45, 7) is 0. The summed E-state index contributed by atoms with van der Waals surface area (Å²) in [5.74, 6) is -1.35. The summed E-state index contributed by atoms with van der Waals surface area (Å²) in [5.41, 5.74) is 0. The van der Waals surface area contributed by atoms with E-state index in [0.29, 0.717) is 0 Å². The zero-order chi connectivity index (χ0) is 9.56. The number of aliphatic carboxylic acids is 1. The van der Waals surface area contributed by atoms with Gasteiger partial charge in [0.2, 0.25) is 0 Å². The molecular weight excluding hydrogens is 198 g/mol. The second-order valence-corrected chi connectivity index (χ2v) is 2.29. The number of methoxy groups -OCH3 is 1. The van der Waals surface area contributed by atoms with E-state index in [2.05, 4.69) is 10.1 Å². The zero-order valence-electron chi connectivity index (χ0n) is 7.57. The van der Waals surface area contributed by atoms with Crippen molar-refractivity contribution in [3.05, 3.63) is 0 Å². The third-order valence-corrected chi connectivity index (χ3v) is 1.51. The van der Waals surface area contributed by atoms with Gasteiger partial charge in [0.25, 0.3) is 0 Å². The summed E-state index contributed by atoms with van der Waals surface area (Å²) < 4.78 is 4.37. The van der Waals surface area contributed by atoms with Gasteiger partial charge in [0, 0.05) is 6.42 Å². The van der Waals surface area contributed by atoms with E-state index in [1.165, 1.54) is 14.2 Å². The highest BCUT2D eigenvalue weighted by Crippen LogP contribution is 1.98. The Balaban J connectivity index is 0. The van der Waals surface area contributed by atoms with Crippen LogP contribution in [-0.2, 0) is 14.3 Å². The van der Waals surface area contributed by atoms with E-state index in [-0.39, 0.29) is 25.2 Å². The molecule has 78 valence electrons. The lowest BCUT2D eigenvalue weighted by molar-refractivity contribution is -0.142. The van der Waals surface area contributed by atoms with Gasteiger partial charge in [0.1, 0.15) is 6.04 Å². The molecule has 6 heteroatoms. The van der Waals surface area contributed by atoms with E-state index in [4.69, 9.17) is 5.11 Å². The number of halogens is 1. The molecule has 0 spiro atoms. The van der Waals surface area contributed by atoms with Crippen LogP contribution in [0.2, 0.25) is 0 Å². The van der Waals surface area contributed by atoms with Crippen LogP contribution in [0.15, 0.2) is 0 Å². The van der Waals surface area contributed by atoms with Gasteiger partial charge in [-0.15, -0.1) is 12.4 Å². The minimum absolute atomic E-state index is 0. The van der Waals surface area contributed by atoms with Crippen LogP contribution in [-0.4, -0.2) is 37.2 Å². The maximum Gasteiger partial charge on any atom is 0.320 e. The molecule has 13 heavy (non-hydrogen) atoms. The Hall–Kier alpha value is -0.810. The van der Waals surface area contributed by atoms with Gasteiger partial charge in [0.15, 0.2) is 0 Å². The van der Waals surface area contributed by atoms with Crippen LogP contribution in [0.5, 0.6) is 0 Å². The van der Waals surface area contributed by atoms with Gasteiger partial charge < -0.3 is 15.2 Å². The van der Waals surface area contributed by atoms with Crippen molar-refractivity contribution in [2.45, 2.75) is 18.9 Å². The summed E-state index contributed by atoms with van der Waals surface area (Å²) in [7, 11) is 2.81. The second kappa shape index (κ2) is 7.82. The fourth-order valence-corrected chi connectivity index (χ4v) is 0.756. The molecule has 0 aromatic heterocycles. The van der Waals surface area contributed by atoms with Crippen LogP contribution in [0.1, 0.15) is 12.8 Å². The van der Waals surface area contributed by atoms with Crippen LogP contribution >= 0.6 is 12.4 Å². The first kappa shape index (κ1) is 14.7. The second-order valence-electron chi connectivity index (χ2n) is 2.29. The number of likely N-dealkylation sites (N-methyl/N-ethyl adjacent to an activating group) is 1. The fraction of sp³-hybridized carbons (Fsp3) is 0.714. The Morgan fingerprint density at radius 2 is 2.08 bits per heavy atom. The standard InChI is InChI=1S/C7H13NO4.ClH/c1-8-5(7(10)11)3-4-6(9)12-2;/h5,8H,3-4H2,1-2H3,(H,10,11);1H. The molecule has 0 aromatic carbocycles. The van der Waals surface area contributed by atoms with Crippen LogP contribution < -0.4 is 5.32 Å². The Kier molecular flexibility index (Phi) is 8.84. The van der Waals surface area contributed by atoms with Gasteiger partial charge in [-0.1, -0.05) is 0 Å². The molecule has 2 N–H and O–H groups in total. The molecule has 1 atom stereocenters. The molecule has 0 saturated carbocycles. The number of carboxylic acid groups (broad SMARTS) is 1. The molecule has 0 amide bonds. The molecule has 0 rings (SSSR count). The Labute approximate surface area is 82.9 Å². The highest BCUT2D eigenvalue weighted by molar-refractivity contribution is 5.85. The van der Waals surface area contributed by atoms with Crippen molar-refractivity contribution < 1.29 is 19.4 Å². The monoisotopic (exact) mass is 211 g/mol. The Bertz CT molecular complexity index is 174. The lowest BCUT2D eigenvalue weighted by atomic mass is 10.1. The third kappa shape index (κ3) is 6.36. The molecule has 0 bridgehead atoms. The molecule has 0 heterocycles. The molecule has 0 radical (unpaired) electrons. The number of rotatable bonds is 5. The smallest absolute Gasteiger partial charge is 0.320 e. The summed E-state index contributed by atoms with van der Waals surface area (Å²) in [5, 5.41) is 11.1. The molecule has 0 saturated heterocycles.